The van der Waals surface area contributed by atoms with Crippen LogP contribution in [-0.2, 0) is 4.79 Å². The Morgan fingerprint density at radius 2 is 1.03 bits per heavy atom. The number of aliphatic carboxylic acids is 1. The zero-order valence-electron chi connectivity index (χ0n) is 21.7. The SMILES string of the molecule is CCCCCCCCCCCCCCCCCCCC[C@H](C)C[C@H](C)/C=C(\C)C(=O)O. The molecule has 0 fully saturated rings. The van der Waals surface area contributed by atoms with Gasteiger partial charge in [0.05, 0.1) is 0 Å². The van der Waals surface area contributed by atoms with Gasteiger partial charge in [-0.3, -0.25) is 0 Å². The lowest BCUT2D eigenvalue weighted by molar-refractivity contribution is -0.132. The fourth-order valence-corrected chi connectivity index (χ4v) is 4.71. The number of carboxylic acid groups (broad SMARTS) is 1. The minimum Gasteiger partial charge on any atom is -0.478 e. The molecule has 2 heteroatoms. The van der Waals surface area contributed by atoms with E-state index in [1.165, 1.54) is 122 Å². The Morgan fingerprint density at radius 1 is 0.677 bits per heavy atom. The molecule has 0 aromatic carbocycles. The van der Waals surface area contributed by atoms with Crippen molar-refractivity contribution in [1.82, 2.24) is 0 Å². The maximum atomic E-state index is 10.9. The second-order valence-electron chi connectivity index (χ2n) is 10.3. The predicted octanol–water partition coefficient (Wildman–Crippen LogP) is 10.1. The Kier molecular flexibility index (Phi) is 21.8. The van der Waals surface area contributed by atoms with Gasteiger partial charge in [-0.15, -0.1) is 0 Å². The molecular weight excluding hydrogens is 380 g/mol. The Labute approximate surface area is 195 Å². The molecule has 0 aromatic rings. The van der Waals surface area contributed by atoms with Crippen LogP contribution in [0.3, 0.4) is 0 Å². The third-order valence-corrected chi connectivity index (χ3v) is 6.70. The monoisotopic (exact) mass is 436 g/mol. The highest BCUT2D eigenvalue weighted by Gasteiger charge is 2.09. The summed E-state index contributed by atoms with van der Waals surface area (Å²) < 4.78 is 0. The third kappa shape index (κ3) is 22.2. The molecule has 0 saturated carbocycles. The second-order valence-corrected chi connectivity index (χ2v) is 10.3. The number of carboxylic acids is 1. The highest BCUT2D eigenvalue weighted by Crippen LogP contribution is 2.21. The van der Waals surface area contributed by atoms with Crippen LogP contribution in [0.25, 0.3) is 0 Å². The first-order chi connectivity index (χ1) is 15.0. The van der Waals surface area contributed by atoms with Crippen molar-refractivity contribution in [3.63, 3.8) is 0 Å². The number of hydrogen-bond donors (Lipinski definition) is 1. The van der Waals surface area contributed by atoms with Crippen LogP contribution in [0.15, 0.2) is 11.6 Å². The van der Waals surface area contributed by atoms with Crippen LogP contribution in [0.2, 0.25) is 0 Å². The van der Waals surface area contributed by atoms with E-state index in [1.54, 1.807) is 6.92 Å². The lowest BCUT2D eigenvalue weighted by atomic mass is 9.91. The van der Waals surface area contributed by atoms with Crippen molar-refractivity contribution >= 4 is 5.97 Å². The molecule has 0 spiro atoms. The molecule has 0 aliphatic carbocycles. The number of unbranched alkanes of at least 4 members (excludes halogenated alkanes) is 17. The van der Waals surface area contributed by atoms with Gasteiger partial charge in [-0.2, -0.15) is 0 Å². The summed E-state index contributed by atoms with van der Waals surface area (Å²) in [5, 5.41) is 8.97. The predicted molar refractivity (Wildman–Crippen MR) is 138 cm³/mol. The van der Waals surface area contributed by atoms with E-state index in [4.69, 9.17) is 5.11 Å². The Balaban J connectivity index is 3.31. The topological polar surface area (TPSA) is 37.3 Å². The number of hydrogen-bond acceptors (Lipinski definition) is 1. The minimum absolute atomic E-state index is 0.363. The molecule has 31 heavy (non-hydrogen) atoms. The van der Waals surface area contributed by atoms with Crippen molar-refractivity contribution in [3.05, 3.63) is 11.6 Å². The largest absolute Gasteiger partial charge is 0.478 e. The first-order valence-electron chi connectivity index (χ1n) is 13.9. The van der Waals surface area contributed by atoms with Crippen LogP contribution in [0.5, 0.6) is 0 Å². The molecule has 2 nitrogen and oxygen atoms in total. The highest BCUT2D eigenvalue weighted by molar-refractivity contribution is 5.85. The number of carbonyl (C=O) groups is 1. The van der Waals surface area contributed by atoms with E-state index in [0.29, 0.717) is 17.4 Å². The van der Waals surface area contributed by atoms with Crippen LogP contribution in [0.1, 0.15) is 156 Å². The van der Waals surface area contributed by atoms with Gasteiger partial charge in [-0.1, -0.05) is 149 Å². The molecule has 0 radical (unpaired) electrons. The summed E-state index contributed by atoms with van der Waals surface area (Å²) >= 11 is 0. The van der Waals surface area contributed by atoms with Gasteiger partial charge >= 0.3 is 5.97 Å². The molecule has 184 valence electrons. The van der Waals surface area contributed by atoms with Gasteiger partial charge in [-0.25, -0.2) is 4.79 Å². The number of rotatable bonds is 23. The molecule has 0 unspecified atom stereocenters. The fourth-order valence-electron chi connectivity index (χ4n) is 4.71. The van der Waals surface area contributed by atoms with Crippen LogP contribution < -0.4 is 0 Å². The summed E-state index contributed by atoms with van der Waals surface area (Å²) in [5.41, 5.74) is 0.480. The van der Waals surface area contributed by atoms with Crippen molar-refractivity contribution < 1.29 is 9.90 Å². The zero-order chi connectivity index (χ0) is 23.2. The van der Waals surface area contributed by atoms with Crippen molar-refractivity contribution in [2.24, 2.45) is 11.8 Å². The van der Waals surface area contributed by atoms with E-state index in [9.17, 15) is 4.79 Å². The maximum Gasteiger partial charge on any atom is 0.330 e. The van der Waals surface area contributed by atoms with E-state index in [-0.39, 0.29) is 0 Å². The van der Waals surface area contributed by atoms with Gasteiger partial charge in [0.1, 0.15) is 0 Å². The van der Waals surface area contributed by atoms with E-state index >= 15 is 0 Å². The summed E-state index contributed by atoms with van der Waals surface area (Å²) in [4.78, 5) is 10.9. The van der Waals surface area contributed by atoms with Gasteiger partial charge in [-0.05, 0) is 25.2 Å². The molecule has 0 aromatic heterocycles. The molecule has 0 aliphatic rings. The van der Waals surface area contributed by atoms with E-state index in [0.717, 1.165) is 6.42 Å². The average Bonchev–Trinajstić information content (AvgIpc) is 2.72. The third-order valence-electron chi connectivity index (χ3n) is 6.70. The molecule has 0 bridgehead atoms. The fraction of sp³-hybridized carbons (Fsp3) is 0.897. The van der Waals surface area contributed by atoms with Crippen LogP contribution >= 0.6 is 0 Å². The van der Waals surface area contributed by atoms with Crippen molar-refractivity contribution in [1.29, 1.82) is 0 Å². The summed E-state index contributed by atoms with van der Waals surface area (Å²) in [6.07, 6.45) is 29.9. The van der Waals surface area contributed by atoms with Gasteiger partial charge in [0.15, 0.2) is 0 Å². The quantitative estimate of drug-likeness (QED) is 0.128. The van der Waals surface area contributed by atoms with Crippen LogP contribution in [0, 0.1) is 11.8 Å². The van der Waals surface area contributed by atoms with Crippen molar-refractivity contribution in [3.8, 4) is 0 Å². The molecular formula is C29H56O2. The average molecular weight is 437 g/mol. The summed E-state index contributed by atoms with van der Waals surface area (Å²) in [5.74, 6) is 0.263. The first kappa shape index (κ1) is 30.2. The molecule has 2 atom stereocenters. The molecule has 0 rings (SSSR count). The molecule has 0 amide bonds. The zero-order valence-corrected chi connectivity index (χ0v) is 21.7. The molecule has 1 N–H and O–H groups in total. The summed E-state index contributed by atoms with van der Waals surface area (Å²) in [7, 11) is 0. The second kappa shape index (κ2) is 22.4. The van der Waals surface area contributed by atoms with Crippen molar-refractivity contribution in [2.75, 3.05) is 0 Å². The summed E-state index contributed by atoms with van der Waals surface area (Å²) in [6, 6.07) is 0. The minimum atomic E-state index is -0.789. The van der Waals surface area contributed by atoms with Crippen LogP contribution in [0.4, 0.5) is 0 Å². The van der Waals surface area contributed by atoms with Gasteiger partial charge in [0, 0.05) is 5.57 Å². The normalized spacial score (nSPS) is 14.0. The number of allylic oxidation sites excluding steroid dienone is 1. The van der Waals surface area contributed by atoms with E-state index in [1.807, 2.05) is 6.08 Å². The first-order valence-corrected chi connectivity index (χ1v) is 13.9. The van der Waals surface area contributed by atoms with E-state index < -0.39 is 5.97 Å². The Bertz CT molecular complexity index is 426. The Morgan fingerprint density at radius 3 is 1.39 bits per heavy atom. The van der Waals surface area contributed by atoms with Crippen LogP contribution in [-0.4, -0.2) is 11.1 Å². The smallest absolute Gasteiger partial charge is 0.330 e. The summed E-state index contributed by atoms with van der Waals surface area (Å²) in [6.45, 7) is 8.44. The van der Waals surface area contributed by atoms with E-state index in [2.05, 4.69) is 20.8 Å². The Hall–Kier alpha value is -0.790. The van der Waals surface area contributed by atoms with Gasteiger partial charge < -0.3 is 5.11 Å². The van der Waals surface area contributed by atoms with Crippen molar-refractivity contribution in [2.45, 2.75) is 156 Å². The molecule has 0 heterocycles. The molecule has 0 aliphatic heterocycles. The van der Waals surface area contributed by atoms with Gasteiger partial charge in [0.2, 0.25) is 0 Å². The highest BCUT2D eigenvalue weighted by atomic mass is 16.4. The van der Waals surface area contributed by atoms with Gasteiger partial charge in [0.25, 0.3) is 0 Å². The lowest BCUT2D eigenvalue weighted by Crippen LogP contribution is -2.04. The lowest BCUT2D eigenvalue weighted by Gasteiger charge is -2.15. The standard InChI is InChI=1S/C29H56O2/c1-5-6-7-8-9-10-11-12-13-14-15-16-17-18-19-20-21-22-23-26(2)24-27(3)25-28(4)29(30)31/h25-27H,5-24H2,1-4H3,(H,30,31)/b28-25+/t26-,27-/m0/s1. The molecule has 0 saturated heterocycles. The maximum absolute atomic E-state index is 10.9.